The second kappa shape index (κ2) is 12.0. The zero-order valence-electron chi connectivity index (χ0n) is 20.2. The van der Waals surface area contributed by atoms with Crippen molar-refractivity contribution in [2.24, 2.45) is 0 Å². The van der Waals surface area contributed by atoms with Crippen molar-refractivity contribution in [3.05, 3.63) is 53.7 Å². The molecular formula is C24H33N5O5S. The summed E-state index contributed by atoms with van der Waals surface area (Å²) in [5.41, 5.74) is 2.73. The molecule has 2 aromatic carbocycles. The van der Waals surface area contributed by atoms with Crippen LogP contribution >= 0.6 is 0 Å². The zero-order chi connectivity index (χ0) is 25.4. The molecule has 0 aliphatic carbocycles. The van der Waals surface area contributed by atoms with Gasteiger partial charge in [0.15, 0.2) is 0 Å². The lowest BCUT2D eigenvalue weighted by molar-refractivity contribution is -0.128. The molecule has 10 nitrogen and oxygen atoms in total. The number of H-pyrrole nitrogens is 1. The fourth-order valence-electron chi connectivity index (χ4n) is 3.44. The van der Waals surface area contributed by atoms with Crippen molar-refractivity contribution in [3.63, 3.8) is 0 Å². The van der Waals surface area contributed by atoms with Gasteiger partial charge >= 0.3 is 0 Å². The Morgan fingerprint density at radius 2 is 2.03 bits per heavy atom. The molecule has 0 fully saturated rings. The molecule has 35 heavy (non-hydrogen) atoms. The fraction of sp³-hybridized carbons (Fsp3) is 0.417. The second-order valence-corrected chi connectivity index (χ2v) is 10.4. The van der Waals surface area contributed by atoms with Gasteiger partial charge in [-0.1, -0.05) is 12.1 Å². The SMILES string of the molecule is CCS(=O)(=O)Nc1cccc(C(O)CNCCOc2ccc3c(CCC(=O)N(C)C)n[nH]c3c2)c1. The predicted molar refractivity (Wildman–Crippen MR) is 136 cm³/mol. The molecule has 1 aromatic heterocycles. The van der Waals surface area contributed by atoms with Gasteiger partial charge in [0.05, 0.1) is 23.1 Å². The number of fused-ring (bicyclic) bond motifs is 1. The monoisotopic (exact) mass is 503 g/mol. The summed E-state index contributed by atoms with van der Waals surface area (Å²) >= 11 is 0. The summed E-state index contributed by atoms with van der Waals surface area (Å²) in [6.07, 6.45) is 0.179. The Balaban J connectivity index is 1.44. The molecule has 3 rings (SSSR count). The van der Waals surface area contributed by atoms with Gasteiger partial charge in [-0.3, -0.25) is 14.6 Å². The van der Waals surface area contributed by atoms with Crippen LogP contribution in [0.2, 0.25) is 0 Å². The van der Waals surface area contributed by atoms with Gasteiger partial charge in [0.25, 0.3) is 0 Å². The predicted octanol–water partition coefficient (Wildman–Crippen LogP) is 2.05. The number of amides is 1. The molecule has 0 aliphatic rings. The quantitative estimate of drug-likeness (QED) is 0.262. The van der Waals surface area contributed by atoms with Gasteiger partial charge in [-0.15, -0.1) is 0 Å². The van der Waals surface area contributed by atoms with Gasteiger partial charge in [-0.25, -0.2) is 8.42 Å². The number of hydrogen-bond donors (Lipinski definition) is 4. The van der Waals surface area contributed by atoms with Gasteiger partial charge in [0.1, 0.15) is 12.4 Å². The van der Waals surface area contributed by atoms with Crippen LogP contribution in [0.1, 0.15) is 30.7 Å². The summed E-state index contributed by atoms with van der Waals surface area (Å²) in [7, 11) is 0.103. The summed E-state index contributed by atoms with van der Waals surface area (Å²) in [5, 5.41) is 21.9. The van der Waals surface area contributed by atoms with E-state index in [1.807, 2.05) is 18.2 Å². The van der Waals surface area contributed by atoms with E-state index < -0.39 is 16.1 Å². The zero-order valence-corrected chi connectivity index (χ0v) is 21.1. The number of aliphatic hydroxyl groups excluding tert-OH is 1. The van der Waals surface area contributed by atoms with Gasteiger partial charge in [-0.2, -0.15) is 5.10 Å². The maximum Gasteiger partial charge on any atom is 0.232 e. The first-order valence-corrected chi connectivity index (χ1v) is 13.1. The summed E-state index contributed by atoms with van der Waals surface area (Å²) in [4.78, 5) is 13.4. The third kappa shape index (κ3) is 7.67. The minimum absolute atomic E-state index is 0.0202. The van der Waals surface area contributed by atoms with Crippen LogP contribution in [0.5, 0.6) is 5.75 Å². The molecule has 3 aromatic rings. The van der Waals surface area contributed by atoms with Crippen molar-refractivity contribution in [3.8, 4) is 5.75 Å². The third-order valence-corrected chi connectivity index (χ3v) is 6.80. The average molecular weight is 504 g/mol. The first-order valence-electron chi connectivity index (χ1n) is 11.5. The minimum Gasteiger partial charge on any atom is -0.492 e. The standard InChI is InChI=1S/C24H33N5O5S/c1-4-35(32,33)28-18-7-5-6-17(14-18)23(30)16-25-12-13-34-19-8-9-20-21(26-27-22(20)15-19)10-11-24(31)29(2)3/h5-9,14-15,23,25,28,30H,4,10-13,16H2,1-3H3,(H,26,27). The number of carbonyl (C=O) groups excluding carboxylic acids is 1. The Morgan fingerprint density at radius 3 is 2.77 bits per heavy atom. The number of ether oxygens (including phenoxy) is 1. The number of carbonyl (C=O) groups is 1. The third-order valence-electron chi connectivity index (χ3n) is 5.50. The molecule has 4 N–H and O–H groups in total. The molecule has 0 radical (unpaired) electrons. The lowest BCUT2D eigenvalue weighted by atomic mass is 10.1. The molecule has 0 saturated heterocycles. The number of aliphatic hydroxyl groups is 1. The lowest BCUT2D eigenvalue weighted by Gasteiger charge is -2.14. The number of aryl methyl sites for hydroxylation is 1. The summed E-state index contributed by atoms with van der Waals surface area (Å²) in [6, 6.07) is 12.4. The molecular weight excluding hydrogens is 470 g/mol. The van der Waals surface area contributed by atoms with E-state index in [1.54, 1.807) is 50.2 Å². The van der Waals surface area contributed by atoms with Crippen LogP contribution in [0.15, 0.2) is 42.5 Å². The average Bonchev–Trinajstić information content (AvgIpc) is 3.24. The summed E-state index contributed by atoms with van der Waals surface area (Å²) in [5.74, 6) is 0.732. The van der Waals surface area contributed by atoms with Crippen LogP contribution in [0.25, 0.3) is 10.9 Å². The molecule has 0 bridgehead atoms. The number of hydrogen-bond acceptors (Lipinski definition) is 7. The molecule has 1 heterocycles. The van der Waals surface area contributed by atoms with E-state index in [-0.39, 0.29) is 11.7 Å². The topological polar surface area (TPSA) is 137 Å². The number of sulfonamides is 1. The summed E-state index contributed by atoms with van der Waals surface area (Å²) < 4.78 is 31.8. The largest absolute Gasteiger partial charge is 0.492 e. The molecule has 1 unspecified atom stereocenters. The first-order chi connectivity index (χ1) is 16.7. The van der Waals surface area contributed by atoms with E-state index in [1.165, 1.54) is 0 Å². The lowest BCUT2D eigenvalue weighted by Crippen LogP contribution is -2.26. The van der Waals surface area contributed by atoms with Crippen LogP contribution in [0.3, 0.4) is 0 Å². The van der Waals surface area contributed by atoms with Crippen LogP contribution in [-0.2, 0) is 21.2 Å². The van der Waals surface area contributed by atoms with E-state index in [0.717, 1.165) is 16.6 Å². The van der Waals surface area contributed by atoms with E-state index in [2.05, 4.69) is 20.2 Å². The van der Waals surface area contributed by atoms with Crippen LogP contribution in [-0.4, -0.2) is 74.1 Å². The van der Waals surface area contributed by atoms with Gasteiger partial charge < -0.3 is 20.1 Å². The van der Waals surface area contributed by atoms with Crippen molar-refractivity contribution in [1.82, 2.24) is 20.4 Å². The smallest absolute Gasteiger partial charge is 0.232 e. The molecule has 0 spiro atoms. The molecule has 0 aliphatic heterocycles. The summed E-state index contributed by atoms with van der Waals surface area (Å²) in [6.45, 7) is 2.76. The number of benzene rings is 2. The first kappa shape index (κ1) is 26.5. The van der Waals surface area contributed by atoms with Crippen molar-refractivity contribution in [2.45, 2.75) is 25.9 Å². The fourth-order valence-corrected chi connectivity index (χ4v) is 4.07. The van der Waals surface area contributed by atoms with E-state index in [0.29, 0.717) is 49.5 Å². The highest BCUT2D eigenvalue weighted by Crippen LogP contribution is 2.23. The molecule has 190 valence electrons. The number of nitrogens with one attached hydrogen (secondary N) is 3. The Bertz CT molecular complexity index is 1240. The Kier molecular flexibility index (Phi) is 9.07. The Hall–Kier alpha value is -3.15. The highest BCUT2D eigenvalue weighted by molar-refractivity contribution is 7.92. The normalized spacial score (nSPS) is 12.5. The Labute approximate surface area is 205 Å². The van der Waals surface area contributed by atoms with E-state index >= 15 is 0 Å². The van der Waals surface area contributed by atoms with Crippen LogP contribution in [0.4, 0.5) is 5.69 Å². The maximum absolute atomic E-state index is 11.8. The van der Waals surface area contributed by atoms with Crippen LogP contribution < -0.4 is 14.8 Å². The molecule has 0 saturated carbocycles. The highest BCUT2D eigenvalue weighted by Gasteiger charge is 2.12. The second-order valence-electron chi connectivity index (χ2n) is 8.37. The van der Waals surface area contributed by atoms with Gasteiger partial charge in [0, 0.05) is 57.2 Å². The molecule has 1 amide bonds. The number of nitrogens with zero attached hydrogens (tertiary/aromatic N) is 2. The number of aromatic amines is 1. The van der Waals surface area contributed by atoms with Crippen molar-refractivity contribution >= 4 is 32.5 Å². The number of rotatable bonds is 13. The van der Waals surface area contributed by atoms with Crippen molar-refractivity contribution in [1.29, 1.82) is 0 Å². The Morgan fingerprint density at radius 1 is 1.23 bits per heavy atom. The van der Waals surface area contributed by atoms with Gasteiger partial charge in [-0.05, 0) is 36.8 Å². The van der Waals surface area contributed by atoms with Crippen molar-refractivity contribution < 1.29 is 23.1 Å². The molecule has 11 heteroatoms. The van der Waals surface area contributed by atoms with Crippen LogP contribution in [0, 0.1) is 0 Å². The molecule has 1 atom stereocenters. The van der Waals surface area contributed by atoms with Gasteiger partial charge in [0.2, 0.25) is 15.9 Å². The highest BCUT2D eigenvalue weighted by atomic mass is 32.2. The maximum atomic E-state index is 11.8. The van der Waals surface area contributed by atoms with Crippen molar-refractivity contribution in [2.75, 3.05) is 44.3 Å². The van der Waals surface area contributed by atoms with E-state index in [9.17, 15) is 18.3 Å². The van der Waals surface area contributed by atoms with E-state index in [4.69, 9.17) is 4.74 Å². The number of aromatic nitrogens is 2. The minimum atomic E-state index is -3.37. The number of anilines is 1.